The van der Waals surface area contributed by atoms with Crippen molar-refractivity contribution < 1.29 is 14.0 Å². The molecule has 106 valence electrons. The van der Waals surface area contributed by atoms with E-state index in [-0.39, 0.29) is 12.0 Å². The monoisotopic (exact) mass is 277 g/mol. The minimum Gasteiger partial charge on any atom is -0.505 e. The third-order valence-electron chi connectivity index (χ3n) is 3.78. The van der Waals surface area contributed by atoms with Crippen LogP contribution in [0.5, 0.6) is 5.75 Å². The maximum Gasteiger partial charge on any atom is 0.231 e. The van der Waals surface area contributed by atoms with Gasteiger partial charge in [-0.2, -0.15) is 4.98 Å². The van der Waals surface area contributed by atoms with Crippen LogP contribution in [0.4, 0.5) is 4.39 Å². The van der Waals surface area contributed by atoms with E-state index >= 15 is 0 Å². The van der Waals surface area contributed by atoms with Gasteiger partial charge < -0.3 is 15.4 Å². The fraction of sp³-hybridized carbons (Fsp3) is 0.429. The molecule has 5 nitrogen and oxygen atoms in total. The van der Waals surface area contributed by atoms with Crippen molar-refractivity contribution in [3.8, 4) is 17.1 Å². The lowest BCUT2D eigenvalue weighted by Gasteiger charge is -2.25. The maximum absolute atomic E-state index is 13.3. The molecule has 1 heterocycles. The lowest BCUT2D eigenvalue weighted by molar-refractivity contribution is 0.290. The van der Waals surface area contributed by atoms with Crippen LogP contribution in [-0.4, -0.2) is 21.3 Å². The molecular weight excluding hydrogens is 261 g/mol. The summed E-state index contributed by atoms with van der Waals surface area (Å²) < 4.78 is 18.6. The molecule has 3 N–H and O–H groups in total. The smallest absolute Gasteiger partial charge is 0.231 e. The Morgan fingerprint density at radius 1 is 1.30 bits per heavy atom. The zero-order valence-corrected chi connectivity index (χ0v) is 10.9. The summed E-state index contributed by atoms with van der Waals surface area (Å²) in [6, 6.07) is 4.04. The highest BCUT2D eigenvalue weighted by molar-refractivity contribution is 5.55. The Morgan fingerprint density at radius 3 is 2.85 bits per heavy atom. The zero-order valence-electron chi connectivity index (χ0n) is 10.9. The highest BCUT2D eigenvalue weighted by Gasteiger charge is 2.28. The first-order chi connectivity index (χ1) is 9.65. The quantitative estimate of drug-likeness (QED) is 0.881. The predicted molar refractivity (Wildman–Crippen MR) is 70.5 cm³/mol. The molecule has 0 aliphatic heterocycles. The first-order valence-electron chi connectivity index (χ1n) is 6.73. The van der Waals surface area contributed by atoms with E-state index in [4.69, 9.17) is 10.3 Å². The molecule has 1 aliphatic rings. The minimum atomic E-state index is -0.705. The summed E-state index contributed by atoms with van der Waals surface area (Å²) in [6.07, 6.45) is 4.12. The third kappa shape index (κ3) is 2.38. The Hall–Kier alpha value is -1.95. The molecule has 2 aromatic rings. The number of aromatic nitrogens is 2. The molecule has 1 aliphatic carbocycles. The highest BCUT2D eigenvalue weighted by atomic mass is 19.1. The van der Waals surface area contributed by atoms with E-state index in [1.807, 2.05) is 0 Å². The first kappa shape index (κ1) is 13.1. The fourth-order valence-electron chi connectivity index (χ4n) is 2.62. The van der Waals surface area contributed by atoms with Crippen molar-refractivity contribution in [2.45, 2.75) is 37.6 Å². The van der Waals surface area contributed by atoms with Gasteiger partial charge in [0.25, 0.3) is 0 Å². The van der Waals surface area contributed by atoms with Gasteiger partial charge in [-0.1, -0.05) is 18.0 Å². The molecule has 0 spiro atoms. The summed E-state index contributed by atoms with van der Waals surface area (Å²) in [4.78, 5) is 4.32. The standard InChI is InChI=1S/C14H16FN3O2/c15-10-7-8(5-6-12(10)19)13-17-14(20-18-13)9-3-1-2-4-11(9)16/h5-7,9,11,19H,1-4,16H2. The molecular formula is C14H16FN3O2. The molecule has 1 aromatic heterocycles. The number of rotatable bonds is 2. The Bertz CT molecular complexity index is 614. The van der Waals surface area contributed by atoms with E-state index < -0.39 is 11.6 Å². The molecule has 3 rings (SSSR count). The van der Waals surface area contributed by atoms with Crippen LogP contribution in [0.2, 0.25) is 0 Å². The predicted octanol–water partition coefficient (Wildman–Crippen LogP) is 2.57. The van der Waals surface area contributed by atoms with Crippen LogP contribution in [0.3, 0.4) is 0 Å². The second kappa shape index (κ2) is 5.20. The topological polar surface area (TPSA) is 85.2 Å². The van der Waals surface area contributed by atoms with Gasteiger partial charge in [0.2, 0.25) is 11.7 Å². The number of phenolic OH excluding ortho intramolecular Hbond substituents is 1. The molecule has 1 saturated carbocycles. The number of benzene rings is 1. The molecule has 1 aromatic carbocycles. The summed E-state index contributed by atoms with van der Waals surface area (Å²) in [5.74, 6) is -0.195. The molecule has 2 unspecified atom stereocenters. The van der Waals surface area contributed by atoms with Crippen LogP contribution in [0, 0.1) is 5.82 Å². The van der Waals surface area contributed by atoms with E-state index in [0.29, 0.717) is 17.3 Å². The Labute approximate surface area is 115 Å². The number of phenols is 1. The van der Waals surface area contributed by atoms with E-state index in [1.54, 1.807) is 6.07 Å². The molecule has 0 saturated heterocycles. The number of halogens is 1. The van der Waals surface area contributed by atoms with E-state index in [2.05, 4.69) is 10.1 Å². The molecule has 0 bridgehead atoms. The molecule has 0 amide bonds. The van der Waals surface area contributed by atoms with Crippen molar-refractivity contribution in [2.24, 2.45) is 5.73 Å². The SMILES string of the molecule is NC1CCCCC1c1nc(-c2ccc(O)c(F)c2)no1. The molecule has 6 heteroatoms. The summed E-state index contributed by atoms with van der Waals surface area (Å²) in [6.45, 7) is 0. The number of hydrogen-bond donors (Lipinski definition) is 2. The Morgan fingerprint density at radius 2 is 2.10 bits per heavy atom. The second-order valence-corrected chi connectivity index (χ2v) is 5.18. The van der Waals surface area contributed by atoms with Gasteiger partial charge in [0.1, 0.15) is 0 Å². The summed E-state index contributed by atoms with van der Waals surface area (Å²) >= 11 is 0. The molecule has 1 fully saturated rings. The third-order valence-corrected chi connectivity index (χ3v) is 3.78. The van der Waals surface area contributed by atoms with Crippen LogP contribution in [0.1, 0.15) is 37.5 Å². The second-order valence-electron chi connectivity index (χ2n) is 5.18. The first-order valence-corrected chi connectivity index (χ1v) is 6.73. The van der Waals surface area contributed by atoms with Crippen LogP contribution < -0.4 is 5.73 Å². The molecule has 2 atom stereocenters. The number of nitrogens with two attached hydrogens (primary N) is 1. The van der Waals surface area contributed by atoms with Gasteiger partial charge in [0.05, 0.1) is 5.92 Å². The Balaban J connectivity index is 1.87. The van der Waals surface area contributed by atoms with Crippen LogP contribution in [-0.2, 0) is 0 Å². The van der Waals surface area contributed by atoms with Gasteiger partial charge in [0.15, 0.2) is 11.6 Å². The number of hydrogen-bond acceptors (Lipinski definition) is 5. The number of nitrogens with zero attached hydrogens (tertiary/aromatic N) is 2. The van der Waals surface area contributed by atoms with Crippen molar-refractivity contribution in [1.29, 1.82) is 0 Å². The van der Waals surface area contributed by atoms with Crippen LogP contribution >= 0.6 is 0 Å². The van der Waals surface area contributed by atoms with Crippen molar-refractivity contribution in [3.05, 3.63) is 29.9 Å². The summed E-state index contributed by atoms with van der Waals surface area (Å²) in [5.41, 5.74) is 6.55. The normalized spacial score (nSPS) is 22.9. The maximum atomic E-state index is 13.3. The van der Waals surface area contributed by atoms with Crippen molar-refractivity contribution in [1.82, 2.24) is 10.1 Å². The molecule has 0 radical (unpaired) electrons. The average molecular weight is 277 g/mol. The van der Waals surface area contributed by atoms with Crippen LogP contribution in [0.25, 0.3) is 11.4 Å². The van der Waals surface area contributed by atoms with E-state index in [1.165, 1.54) is 12.1 Å². The van der Waals surface area contributed by atoms with Crippen molar-refractivity contribution >= 4 is 0 Å². The highest BCUT2D eigenvalue weighted by Crippen LogP contribution is 2.32. The van der Waals surface area contributed by atoms with Gasteiger partial charge in [-0.05, 0) is 31.0 Å². The average Bonchev–Trinajstić information content (AvgIpc) is 2.92. The van der Waals surface area contributed by atoms with Gasteiger partial charge in [-0.3, -0.25) is 0 Å². The van der Waals surface area contributed by atoms with Gasteiger partial charge >= 0.3 is 0 Å². The number of aromatic hydroxyl groups is 1. The van der Waals surface area contributed by atoms with E-state index in [0.717, 1.165) is 25.7 Å². The summed E-state index contributed by atoms with van der Waals surface area (Å²) in [5, 5.41) is 13.1. The Kier molecular flexibility index (Phi) is 3.40. The van der Waals surface area contributed by atoms with Gasteiger partial charge in [-0.25, -0.2) is 4.39 Å². The largest absolute Gasteiger partial charge is 0.505 e. The van der Waals surface area contributed by atoms with E-state index in [9.17, 15) is 9.50 Å². The zero-order chi connectivity index (χ0) is 14.1. The van der Waals surface area contributed by atoms with Gasteiger partial charge in [-0.15, -0.1) is 0 Å². The summed E-state index contributed by atoms with van der Waals surface area (Å²) in [7, 11) is 0. The van der Waals surface area contributed by atoms with Gasteiger partial charge in [0, 0.05) is 11.6 Å². The van der Waals surface area contributed by atoms with Crippen molar-refractivity contribution in [3.63, 3.8) is 0 Å². The minimum absolute atomic E-state index is 0.0357. The lowest BCUT2D eigenvalue weighted by atomic mass is 9.85. The van der Waals surface area contributed by atoms with Crippen molar-refractivity contribution in [2.75, 3.05) is 0 Å². The fourth-order valence-corrected chi connectivity index (χ4v) is 2.62. The molecule has 20 heavy (non-hydrogen) atoms. The lowest BCUT2D eigenvalue weighted by Crippen LogP contribution is -2.31. The van der Waals surface area contributed by atoms with Crippen LogP contribution in [0.15, 0.2) is 22.7 Å².